The number of anilines is 2. The number of carbonyl (C=O) groups excluding carboxylic acids is 1. The Morgan fingerprint density at radius 3 is 2.62 bits per heavy atom. The number of ether oxygens (including phenoxy) is 1. The minimum absolute atomic E-state index is 0.0182. The standard InChI is InChI=1S/C24H28N6O2/c1-29(2)12-13-30(3)24-21(32-24)17-9-7-8-16(14-17)19-15-26-22(25)20(28-19)23(31)27-18-10-5-4-6-11-18/h4-11,14-15,21,24H,12-13H2,1-3H3,(H2,25,26)(H,27,31). The maximum atomic E-state index is 12.7. The predicted molar refractivity (Wildman–Crippen MR) is 125 cm³/mol. The number of hydrogen-bond acceptors (Lipinski definition) is 7. The Hall–Kier alpha value is -3.33. The summed E-state index contributed by atoms with van der Waals surface area (Å²) in [6.45, 7) is 1.90. The third-order valence-corrected chi connectivity index (χ3v) is 5.36. The average Bonchev–Trinajstić information content (AvgIpc) is 3.60. The van der Waals surface area contributed by atoms with Crippen molar-refractivity contribution in [2.24, 2.45) is 0 Å². The van der Waals surface area contributed by atoms with Crippen LogP contribution in [-0.2, 0) is 4.74 Å². The quantitative estimate of drug-likeness (QED) is 0.528. The van der Waals surface area contributed by atoms with Crippen LogP contribution in [0.1, 0.15) is 22.2 Å². The number of nitrogens with one attached hydrogen (secondary N) is 1. The predicted octanol–water partition coefficient (Wildman–Crippen LogP) is 2.87. The number of nitrogen functional groups attached to an aromatic ring is 1. The van der Waals surface area contributed by atoms with Gasteiger partial charge in [-0.1, -0.05) is 36.4 Å². The molecule has 1 aliphatic heterocycles. The van der Waals surface area contributed by atoms with E-state index in [0.29, 0.717) is 11.4 Å². The number of amides is 1. The van der Waals surface area contributed by atoms with Gasteiger partial charge in [0.25, 0.3) is 5.91 Å². The van der Waals surface area contributed by atoms with Gasteiger partial charge < -0.3 is 20.7 Å². The molecule has 3 aromatic rings. The van der Waals surface area contributed by atoms with Crippen molar-refractivity contribution in [2.45, 2.75) is 12.3 Å². The fraction of sp³-hybridized carbons (Fsp3) is 0.292. The SMILES string of the molecule is CN(C)CCN(C)C1OC1c1cccc(-c2cnc(N)c(C(=O)Nc3ccccc3)n2)c1. The fourth-order valence-corrected chi connectivity index (χ4v) is 3.46. The number of carbonyl (C=O) groups is 1. The summed E-state index contributed by atoms with van der Waals surface area (Å²) < 4.78 is 5.92. The molecule has 2 heterocycles. The Labute approximate surface area is 188 Å². The van der Waals surface area contributed by atoms with Crippen LogP contribution in [0.3, 0.4) is 0 Å². The Kier molecular flexibility index (Phi) is 6.45. The lowest BCUT2D eigenvalue weighted by molar-refractivity contribution is 0.102. The zero-order chi connectivity index (χ0) is 22.7. The molecule has 0 bridgehead atoms. The van der Waals surface area contributed by atoms with E-state index in [-0.39, 0.29) is 23.8 Å². The van der Waals surface area contributed by atoms with Gasteiger partial charge in [0.05, 0.1) is 11.9 Å². The van der Waals surface area contributed by atoms with Crippen molar-refractivity contribution in [2.75, 3.05) is 45.3 Å². The molecule has 2 unspecified atom stereocenters. The topological polar surface area (TPSA) is 99.9 Å². The highest BCUT2D eigenvalue weighted by Crippen LogP contribution is 2.41. The zero-order valence-corrected chi connectivity index (χ0v) is 18.5. The van der Waals surface area contributed by atoms with E-state index in [1.54, 1.807) is 18.3 Å². The van der Waals surface area contributed by atoms with Crippen molar-refractivity contribution in [1.82, 2.24) is 19.8 Å². The average molecular weight is 433 g/mol. The molecule has 2 atom stereocenters. The normalized spacial score (nSPS) is 17.5. The summed E-state index contributed by atoms with van der Waals surface area (Å²) >= 11 is 0. The van der Waals surface area contributed by atoms with Gasteiger partial charge in [-0.15, -0.1) is 0 Å². The molecule has 0 saturated carbocycles. The highest BCUT2D eigenvalue weighted by molar-refractivity contribution is 6.05. The highest BCUT2D eigenvalue weighted by atomic mass is 16.6. The molecule has 2 aromatic carbocycles. The monoisotopic (exact) mass is 432 g/mol. The number of benzene rings is 2. The van der Waals surface area contributed by atoms with Crippen LogP contribution in [-0.4, -0.2) is 66.1 Å². The third kappa shape index (κ3) is 5.11. The Morgan fingerprint density at radius 2 is 1.88 bits per heavy atom. The third-order valence-electron chi connectivity index (χ3n) is 5.36. The molecule has 0 aliphatic carbocycles. The van der Waals surface area contributed by atoms with Crippen molar-refractivity contribution in [1.29, 1.82) is 0 Å². The van der Waals surface area contributed by atoms with Crippen LogP contribution in [0.15, 0.2) is 60.8 Å². The van der Waals surface area contributed by atoms with Gasteiger partial charge in [-0.25, -0.2) is 9.97 Å². The lowest BCUT2D eigenvalue weighted by Gasteiger charge is -2.17. The molecule has 8 heteroatoms. The van der Waals surface area contributed by atoms with E-state index in [2.05, 4.69) is 46.2 Å². The molecular formula is C24H28N6O2. The number of likely N-dealkylation sites (N-methyl/N-ethyl adjacent to an activating group) is 2. The molecule has 3 N–H and O–H groups in total. The molecule has 32 heavy (non-hydrogen) atoms. The molecule has 4 rings (SSSR count). The summed E-state index contributed by atoms with van der Waals surface area (Å²) in [5.74, 6) is -0.307. The summed E-state index contributed by atoms with van der Waals surface area (Å²) in [6, 6.07) is 17.2. The molecular weight excluding hydrogens is 404 g/mol. The van der Waals surface area contributed by atoms with Gasteiger partial charge in [0, 0.05) is 24.3 Å². The molecule has 0 radical (unpaired) electrons. The largest absolute Gasteiger partial charge is 0.382 e. The first kappa shape index (κ1) is 21.9. The van der Waals surface area contributed by atoms with Gasteiger partial charge in [-0.2, -0.15) is 0 Å². The number of rotatable bonds is 8. The van der Waals surface area contributed by atoms with Gasteiger partial charge in [-0.05, 0) is 44.9 Å². The van der Waals surface area contributed by atoms with Crippen LogP contribution in [0.4, 0.5) is 11.5 Å². The number of hydrogen-bond donors (Lipinski definition) is 2. The smallest absolute Gasteiger partial charge is 0.278 e. The Bertz CT molecular complexity index is 1090. The van der Waals surface area contributed by atoms with E-state index in [1.165, 1.54) is 0 Å². The molecule has 8 nitrogen and oxygen atoms in total. The number of para-hydroxylation sites is 1. The molecule has 1 fully saturated rings. The molecule has 1 aliphatic rings. The lowest BCUT2D eigenvalue weighted by Crippen LogP contribution is -2.31. The summed E-state index contributed by atoms with van der Waals surface area (Å²) in [5, 5.41) is 2.81. The summed E-state index contributed by atoms with van der Waals surface area (Å²) in [5.41, 5.74) is 9.22. The van der Waals surface area contributed by atoms with Crippen molar-refractivity contribution in [3.8, 4) is 11.3 Å². The van der Waals surface area contributed by atoms with Crippen LogP contribution in [0, 0.1) is 0 Å². The van der Waals surface area contributed by atoms with E-state index < -0.39 is 5.91 Å². The van der Waals surface area contributed by atoms with E-state index in [1.807, 2.05) is 42.5 Å². The molecule has 1 amide bonds. The number of aromatic nitrogens is 2. The molecule has 1 aromatic heterocycles. The molecule has 0 spiro atoms. The second-order valence-electron chi connectivity index (χ2n) is 8.17. The fourth-order valence-electron chi connectivity index (χ4n) is 3.46. The maximum absolute atomic E-state index is 12.7. The van der Waals surface area contributed by atoms with Crippen molar-refractivity contribution < 1.29 is 9.53 Å². The van der Waals surface area contributed by atoms with Crippen LogP contribution in [0.25, 0.3) is 11.3 Å². The van der Waals surface area contributed by atoms with Gasteiger partial charge in [0.1, 0.15) is 12.3 Å². The maximum Gasteiger partial charge on any atom is 0.278 e. The van der Waals surface area contributed by atoms with E-state index in [0.717, 1.165) is 24.2 Å². The van der Waals surface area contributed by atoms with Gasteiger partial charge >= 0.3 is 0 Å². The highest BCUT2D eigenvalue weighted by Gasteiger charge is 2.43. The Balaban J connectivity index is 1.50. The number of nitrogens with zero attached hydrogens (tertiary/aromatic N) is 4. The zero-order valence-electron chi connectivity index (χ0n) is 18.5. The minimum Gasteiger partial charge on any atom is -0.382 e. The summed E-state index contributed by atoms with van der Waals surface area (Å²) in [7, 11) is 6.19. The first-order valence-electron chi connectivity index (χ1n) is 10.5. The van der Waals surface area contributed by atoms with Crippen molar-refractivity contribution in [3.05, 3.63) is 72.1 Å². The Morgan fingerprint density at radius 1 is 1.09 bits per heavy atom. The van der Waals surface area contributed by atoms with Crippen molar-refractivity contribution >= 4 is 17.4 Å². The minimum atomic E-state index is -0.396. The van der Waals surface area contributed by atoms with Crippen LogP contribution < -0.4 is 11.1 Å². The summed E-state index contributed by atoms with van der Waals surface area (Å²) in [6.07, 6.45) is 1.67. The number of nitrogens with two attached hydrogens (primary N) is 1. The summed E-state index contributed by atoms with van der Waals surface area (Å²) in [4.78, 5) is 25.8. The first-order valence-corrected chi connectivity index (χ1v) is 10.5. The van der Waals surface area contributed by atoms with Gasteiger partial charge in [0.15, 0.2) is 11.5 Å². The lowest BCUT2D eigenvalue weighted by atomic mass is 10.1. The first-order chi connectivity index (χ1) is 15.4. The van der Waals surface area contributed by atoms with Gasteiger partial charge in [0.2, 0.25) is 0 Å². The second kappa shape index (κ2) is 9.44. The van der Waals surface area contributed by atoms with E-state index in [9.17, 15) is 4.79 Å². The second-order valence-corrected chi connectivity index (χ2v) is 8.17. The van der Waals surface area contributed by atoms with Crippen LogP contribution in [0.5, 0.6) is 0 Å². The molecule has 1 saturated heterocycles. The van der Waals surface area contributed by atoms with Crippen LogP contribution >= 0.6 is 0 Å². The van der Waals surface area contributed by atoms with E-state index in [4.69, 9.17) is 10.5 Å². The number of epoxide rings is 1. The van der Waals surface area contributed by atoms with Crippen molar-refractivity contribution in [3.63, 3.8) is 0 Å². The molecule has 166 valence electrons. The van der Waals surface area contributed by atoms with E-state index >= 15 is 0 Å². The van der Waals surface area contributed by atoms with Gasteiger partial charge in [-0.3, -0.25) is 9.69 Å². The van der Waals surface area contributed by atoms with Crippen LogP contribution in [0.2, 0.25) is 0 Å².